The summed E-state index contributed by atoms with van der Waals surface area (Å²) in [6.07, 6.45) is -3.56. The van der Waals surface area contributed by atoms with E-state index in [1.807, 2.05) is 0 Å². The Bertz CT molecular complexity index is 366. The van der Waals surface area contributed by atoms with Crippen molar-refractivity contribution in [3.8, 4) is 0 Å². The number of hydrogen-bond acceptors (Lipinski definition) is 1. The van der Waals surface area contributed by atoms with E-state index < -0.39 is 11.7 Å². The van der Waals surface area contributed by atoms with E-state index in [0.29, 0.717) is 0 Å². The number of halogens is 3. The molecule has 0 bridgehead atoms. The van der Waals surface area contributed by atoms with Crippen molar-refractivity contribution in [2.24, 2.45) is 0 Å². The molecule has 0 saturated heterocycles. The van der Waals surface area contributed by atoms with Crippen LogP contribution in [0.2, 0.25) is 0 Å². The topological polar surface area (TPSA) is 23.9 Å². The molecule has 14 heavy (non-hydrogen) atoms. The summed E-state index contributed by atoms with van der Waals surface area (Å²) in [5.41, 5.74) is -0.749. The highest BCUT2D eigenvalue weighted by atomic mass is 19.4. The number of alkyl halides is 3. The van der Waals surface area contributed by atoms with Crippen LogP contribution in [0.4, 0.5) is 13.2 Å². The summed E-state index contributed by atoms with van der Waals surface area (Å²) < 4.78 is 36.8. The molecule has 0 aliphatic heterocycles. The van der Waals surface area contributed by atoms with Gasteiger partial charge >= 0.3 is 6.18 Å². The van der Waals surface area contributed by atoms with Crippen LogP contribution >= 0.6 is 0 Å². The molecule has 74 valence electrons. The molecule has 0 amide bonds. The van der Waals surface area contributed by atoms with Crippen LogP contribution in [-0.2, 0) is 0 Å². The second kappa shape index (κ2) is 3.65. The number of allylic oxidation sites excluding steroid dienone is 1. The van der Waals surface area contributed by atoms with Gasteiger partial charge < -0.3 is 5.41 Å². The van der Waals surface area contributed by atoms with Gasteiger partial charge in [0, 0.05) is 6.21 Å². The van der Waals surface area contributed by atoms with Crippen LogP contribution in [0.15, 0.2) is 30.8 Å². The third-order valence-electron chi connectivity index (χ3n) is 1.78. The molecule has 0 radical (unpaired) electrons. The van der Waals surface area contributed by atoms with E-state index in [1.165, 1.54) is 18.2 Å². The van der Waals surface area contributed by atoms with Crippen LogP contribution < -0.4 is 0 Å². The smallest absolute Gasteiger partial charge is 0.308 e. The Hall–Kier alpha value is -1.58. The fourth-order valence-corrected chi connectivity index (χ4v) is 1.05. The average molecular weight is 199 g/mol. The molecule has 1 aromatic carbocycles. The standard InChI is InChI=1S/C10H8F3N/c1-7(10(11,12)13)9-5-3-2-4-8(9)6-14/h2-6,14H,1H2. The van der Waals surface area contributed by atoms with Crippen molar-refractivity contribution in [2.75, 3.05) is 0 Å². The molecule has 0 unspecified atom stereocenters. The molecule has 0 saturated carbocycles. The van der Waals surface area contributed by atoms with Gasteiger partial charge in [-0.1, -0.05) is 30.8 Å². The van der Waals surface area contributed by atoms with Gasteiger partial charge in [0.1, 0.15) is 0 Å². The first-order valence-corrected chi connectivity index (χ1v) is 3.83. The summed E-state index contributed by atoms with van der Waals surface area (Å²) in [5, 5.41) is 6.95. The third-order valence-corrected chi connectivity index (χ3v) is 1.78. The van der Waals surface area contributed by atoms with Crippen molar-refractivity contribution in [1.29, 1.82) is 5.41 Å². The van der Waals surface area contributed by atoms with Gasteiger partial charge in [-0.3, -0.25) is 0 Å². The zero-order valence-corrected chi connectivity index (χ0v) is 7.23. The molecule has 4 heteroatoms. The van der Waals surface area contributed by atoms with E-state index in [2.05, 4.69) is 6.58 Å². The van der Waals surface area contributed by atoms with E-state index in [1.54, 1.807) is 6.07 Å². The van der Waals surface area contributed by atoms with Gasteiger partial charge in [-0.25, -0.2) is 0 Å². The van der Waals surface area contributed by atoms with Crippen molar-refractivity contribution in [2.45, 2.75) is 6.18 Å². The summed E-state index contributed by atoms with van der Waals surface area (Å²) in [7, 11) is 0. The highest BCUT2D eigenvalue weighted by Crippen LogP contribution is 2.33. The van der Waals surface area contributed by atoms with Crippen molar-refractivity contribution in [1.82, 2.24) is 0 Å². The third kappa shape index (κ3) is 2.02. The minimum atomic E-state index is -4.45. The molecule has 1 rings (SSSR count). The van der Waals surface area contributed by atoms with E-state index in [-0.39, 0.29) is 11.1 Å². The van der Waals surface area contributed by atoms with Crippen molar-refractivity contribution in [3.05, 3.63) is 42.0 Å². The Labute approximate surface area is 79.4 Å². The lowest BCUT2D eigenvalue weighted by atomic mass is 10.0. The van der Waals surface area contributed by atoms with Crippen molar-refractivity contribution in [3.63, 3.8) is 0 Å². The SMILES string of the molecule is C=C(c1ccccc1C=N)C(F)(F)F. The molecule has 0 fully saturated rings. The predicted octanol–water partition coefficient (Wildman–Crippen LogP) is 3.26. The molecule has 0 aromatic heterocycles. The van der Waals surface area contributed by atoms with Gasteiger partial charge in [0.2, 0.25) is 0 Å². The highest BCUT2D eigenvalue weighted by molar-refractivity contribution is 5.87. The van der Waals surface area contributed by atoms with E-state index in [4.69, 9.17) is 5.41 Å². The number of nitrogens with one attached hydrogen (secondary N) is 1. The molecule has 1 aromatic rings. The summed E-state index contributed by atoms with van der Waals surface area (Å²) in [6.45, 7) is 2.98. The maximum absolute atomic E-state index is 12.3. The summed E-state index contributed by atoms with van der Waals surface area (Å²) >= 11 is 0. The Morgan fingerprint density at radius 3 is 2.36 bits per heavy atom. The molecule has 0 aliphatic rings. The van der Waals surface area contributed by atoms with Gasteiger partial charge in [-0.2, -0.15) is 13.2 Å². The molecule has 0 atom stereocenters. The minimum absolute atomic E-state index is 0.0463. The summed E-state index contributed by atoms with van der Waals surface area (Å²) in [6, 6.07) is 5.81. The Morgan fingerprint density at radius 2 is 1.86 bits per heavy atom. The number of benzene rings is 1. The number of hydrogen-bond donors (Lipinski definition) is 1. The first-order valence-electron chi connectivity index (χ1n) is 3.83. The molecule has 0 aliphatic carbocycles. The summed E-state index contributed by atoms with van der Waals surface area (Å²) in [4.78, 5) is 0. The van der Waals surface area contributed by atoms with Crippen LogP contribution in [-0.4, -0.2) is 12.4 Å². The monoisotopic (exact) mass is 199 g/mol. The van der Waals surface area contributed by atoms with Gasteiger partial charge in [0.05, 0.1) is 5.57 Å². The van der Waals surface area contributed by atoms with Gasteiger partial charge in [-0.05, 0) is 11.1 Å². The van der Waals surface area contributed by atoms with Crippen LogP contribution in [0, 0.1) is 5.41 Å². The molecular weight excluding hydrogens is 191 g/mol. The highest BCUT2D eigenvalue weighted by Gasteiger charge is 2.33. The maximum atomic E-state index is 12.3. The average Bonchev–Trinajstić information content (AvgIpc) is 2.15. The lowest BCUT2D eigenvalue weighted by Crippen LogP contribution is -2.10. The van der Waals surface area contributed by atoms with Crippen molar-refractivity contribution >= 4 is 11.8 Å². The zero-order valence-electron chi connectivity index (χ0n) is 7.23. The van der Waals surface area contributed by atoms with E-state index in [9.17, 15) is 13.2 Å². The first-order chi connectivity index (χ1) is 6.46. The quantitative estimate of drug-likeness (QED) is 0.707. The molecule has 1 nitrogen and oxygen atoms in total. The molecule has 1 N–H and O–H groups in total. The van der Waals surface area contributed by atoms with Crippen LogP contribution in [0.25, 0.3) is 5.57 Å². The molecule has 0 spiro atoms. The fraction of sp³-hybridized carbons (Fsp3) is 0.100. The zero-order chi connectivity index (χ0) is 10.8. The normalized spacial score (nSPS) is 11.1. The second-order valence-corrected chi connectivity index (χ2v) is 2.71. The van der Waals surface area contributed by atoms with Gasteiger partial charge in [0.15, 0.2) is 0 Å². The number of rotatable bonds is 2. The molecule has 0 heterocycles. The lowest BCUT2D eigenvalue weighted by Gasteiger charge is -2.11. The lowest BCUT2D eigenvalue weighted by molar-refractivity contribution is -0.0686. The van der Waals surface area contributed by atoms with Gasteiger partial charge in [-0.15, -0.1) is 0 Å². The Morgan fingerprint density at radius 1 is 1.29 bits per heavy atom. The fourth-order valence-electron chi connectivity index (χ4n) is 1.05. The van der Waals surface area contributed by atoms with Gasteiger partial charge in [0.25, 0.3) is 0 Å². The Balaban J connectivity index is 3.19. The largest absolute Gasteiger partial charge is 0.416 e. The summed E-state index contributed by atoms with van der Waals surface area (Å²) in [5.74, 6) is 0. The van der Waals surface area contributed by atoms with Crippen LogP contribution in [0.5, 0.6) is 0 Å². The maximum Gasteiger partial charge on any atom is 0.416 e. The van der Waals surface area contributed by atoms with Crippen LogP contribution in [0.1, 0.15) is 11.1 Å². The van der Waals surface area contributed by atoms with Crippen LogP contribution in [0.3, 0.4) is 0 Å². The molecular formula is C10H8F3N. The van der Waals surface area contributed by atoms with Crippen molar-refractivity contribution < 1.29 is 13.2 Å². The second-order valence-electron chi connectivity index (χ2n) is 2.71. The van der Waals surface area contributed by atoms with E-state index >= 15 is 0 Å². The predicted molar refractivity (Wildman–Crippen MR) is 49.4 cm³/mol. The Kier molecular flexibility index (Phi) is 2.74. The van der Waals surface area contributed by atoms with E-state index in [0.717, 1.165) is 6.21 Å². The minimum Gasteiger partial charge on any atom is -0.308 e. The first kappa shape index (κ1) is 10.5.